The zero-order valence-corrected chi connectivity index (χ0v) is 9.85. The molecule has 0 saturated carbocycles. The van der Waals surface area contributed by atoms with E-state index in [-0.39, 0.29) is 17.9 Å². The van der Waals surface area contributed by atoms with Crippen molar-refractivity contribution in [1.82, 2.24) is 0 Å². The van der Waals surface area contributed by atoms with E-state index in [9.17, 15) is 14.9 Å². The molecule has 0 saturated heterocycles. The van der Waals surface area contributed by atoms with Crippen LogP contribution in [0.25, 0.3) is 0 Å². The summed E-state index contributed by atoms with van der Waals surface area (Å²) in [7, 11) is 1.29. The molecule has 0 aliphatic carbocycles. The summed E-state index contributed by atoms with van der Waals surface area (Å²) in [6.45, 7) is 0. The molecule has 0 bridgehead atoms. The lowest BCUT2D eigenvalue weighted by Crippen LogP contribution is -2.02. The zero-order valence-electron chi connectivity index (χ0n) is 8.27. The van der Waals surface area contributed by atoms with Crippen molar-refractivity contribution in [3.63, 3.8) is 0 Å². The normalized spacial score (nSPS) is 9.88. The lowest BCUT2D eigenvalue weighted by atomic mass is 10.1. The highest BCUT2D eigenvalue weighted by atomic mass is 79.9. The first-order valence-electron chi connectivity index (χ1n) is 4.18. The molecule has 6 nitrogen and oxygen atoms in total. The van der Waals surface area contributed by atoms with Crippen molar-refractivity contribution < 1.29 is 19.6 Å². The van der Waals surface area contributed by atoms with Crippen LogP contribution in [0.4, 0.5) is 5.69 Å². The topological polar surface area (TPSA) is 89.7 Å². The number of methoxy groups -OCH3 is 1. The Morgan fingerprint density at radius 2 is 2.25 bits per heavy atom. The highest BCUT2D eigenvalue weighted by molar-refractivity contribution is 9.10. The molecule has 0 aliphatic heterocycles. The molecule has 0 aromatic heterocycles. The molecule has 0 fully saturated rings. The second kappa shape index (κ2) is 4.93. The van der Waals surface area contributed by atoms with Crippen molar-refractivity contribution in [2.24, 2.45) is 0 Å². The largest absolute Gasteiger partial charge is 0.490 e. The van der Waals surface area contributed by atoms with Crippen LogP contribution in [0.3, 0.4) is 0 Å². The summed E-state index contributed by atoms with van der Waals surface area (Å²) in [5.74, 6) is -0.971. The van der Waals surface area contributed by atoms with Gasteiger partial charge in [0.05, 0.1) is 18.5 Å². The minimum Gasteiger partial charge on any atom is -0.490 e. The summed E-state index contributed by atoms with van der Waals surface area (Å²) in [4.78, 5) is 20.6. The minimum absolute atomic E-state index is 0.0458. The second-order valence-corrected chi connectivity index (χ2v) is 3.80. The smallest absolute Gasteiger partial charge is 0.312 e. The molecular formula is C9H8BrNO5. The Morgan fingerprint density at radius 3 is 2.69 bits per heavy atom. The average molecular weight is 290 g/mol. The number of carboxylic acid groups (broad SMARTS) is 1. The second-order valence-electron chi connectivity index (χ2n) is 2.94. The number of nitrogens with zero attached hydrogens (tertiary/aromatic N) is 1. The SMILES string of the molecule is COc1cc(CC(=O)O)c(Br)cc1[N+](=O)[O-]. The number of carbonyl (C=O) groups is 1. The van der Waals surface area contributed by atoms with E-state index in [1.165, 1.54) is 19.2 Å². The highest BCUT2D eigenvalue weighted by Crippen LogP contribution is 2.33. The Morgan fingerprint density at radius 1 is 1.62 bits per heavy atom. The fourth-order valence-corrected chi connectivity index (χ4v) is 1.66. The molecular weight excluding hydrogens is 282 g/mol. The quantitative estimate of drug-likeness (QED) is 0.676. The molecule has 1 rings (SSSR count). The van der Waals surface area contributed by atoms with Gasteiger partial charge in [0.15, 0.2) is 5.75 Å². The van der Waals surface area contributed by atoms with Crippen LogP contribution in [0.15, 0.2) is 16.6 Å². The Balaban J connectivity index is 3.25. The van der Waals surface area contributed by atoms with Crippen LogP contribution < -0.4 is 4.74 Å². The van der Waals surface area contributed by atoms with Gasteiger partial charge >= 0.3 is 11.7 Å². The summed E-state index contributed by atoms with van der Waals surface area (Å²) in [5, 5.41) is 19.3. The fraction of sp³-hybridized carbons (Fsp3) is 0.222. The number of hydrogen-bond donors (Lipinski definition) is 1. The van der Waals surface area contributed by atoms with Gasteiger partial charge in [-0.1, -0.05) is 15.9 Å². The van der Waals surface area contributed by atoms with Gasteiger partial charge in [0.1, 0.15) is 0 Å². The molecule has 0 amide bonds. The van der Waals surface area contributed by atoms with E-state index in [0.29, 0.717) is 10.0 Å². The van der Waals surface area contributed by atoms with Crippen LogP contribution in [-0.4, -0.2) is 23.1 Å². The number of nitro groups is 1. The standard InChI is InChI=1S/C9H8BrNO5/c1-16-8-2-5(3-9(12)13)6(10)4-7(8)11(14)15/h2,4H,3H2,1H3,(H,12,13). The van der Waals surface area contributed by atoms with Gasteiger partial charge < -0.3 is 9.84 Å². The number of carboxylic acids is 1. The first kappa shape index (κ1) is 12.4. The molecule has 1 N–H and O–H groups in total. The summed E-state index contributed by atoms with van der Waals surface area (Å²) >= 11 is 3.08. The Bertz CT molecular complexity index is 446. The molecule has 86 valence electrons. The first-order valence-corrected chi connectivity index (χ1v) is 4.97. The van der Waals surface area contributed by atoms with Gasteiger partial charge in [-0.3, -0.25) is 14.9 Å². The Kier molecular flexibility index (Phi) is 3.83. The number of halogens is 1. The van der Waals surface area contributed by atoms with Crippen LogP contribution in [0.1, 0.15) is 5.56 Å². The monoisotopic (exact) mass is 289 g/mol. The molecule has 0 spiro atoms. The lowest BCUT2D eigenvalue weighted by Gasteiger charge is -2.06. The van der Waals surface area contributed by atoms with Crippen LogP contribution in [-0.2, 0) is 11.2 Å². The van der Waals surface area contributed by atoms with Crippen LogP contribution in [0.5, 0.6) is 5.75 Å². The van der Waals surface area contributed by atoms with Crippen LogP contribution >= 0.6 is 15.9 Å². The number of aliphatic carboxylic acids is 1. The maximum absolute atomic E-state index is 10.7. The molecule has 0 heterocycles. The maximum atomic E-state index is 10.7. The van der Waals surface area contributed by atoms with Gasteiger partial charge in [-0.25, -0.2) is 0 Å². The van der Waals surface area contributed by atoms with Gasteiger partial charge in [-0.05, 0) is 11.6 Å². The van der Waals surface area contributed by atoms with E-state index in [4.69, 9.17) is 9.84 Å². The number of hydrogen-bond acceptors (Lipinski definition) is 4. The molecule has 1 aromatic rings. The van der Waals surface area contributed by atoms with Gasteiger partial charge in [0, 0.05) is 10.5 Å². The molecule has 0 radical (unpaired) electrons. The number of nitro benzene ring substituents is 1. The van der Waals surface area contributed by atoms with E-state index >= 15 is 0 Å². The van der Waals surface area contributed by atoms with Crippen LogP contribution in [0.2, 0.25) is 0 Å². The van der Waals surface area contributed by atoms with Gasteiger partial charge in [0.2, 0.25) is 0 Å². The number of ether oxygens (including phenoxy) is 1. The summed E-state index contributed by atoms with van der Waals surface area (Å²) in [6.07, 6.45) is -0.227. The molecule has 7 heteroatoms. The third-order valence-electron chi connectivity index (χ3n) is 1.89. The van der Waals surface area contributed by atoms with Gasteiger partial charge in [-0.15, -0.1) is 0 Å². The molecule has 16 heavy (non-hydrogen) atoms. The van der Waals surface area contributed by atoms with Gasteiger partial charge in [-0.2, -0.15) is 0 Å². The summed E-state index contributed by atoms with van der Waals surface area (Å²) in [6, 6.07) is 2.58. The molecule has 0 aliphatic rings. The van der Waals surface area contributed by atoms with E-state index in [0.717, 1.165) is 0 Å². The number of rotatable bonds is 4. The Labute approximate surface area is 99.1 Å². The molecule has 0 atom stereocenters. The predicted octanol–water partition coefficient (Wildman–Crippen LogP) is 1.99. The molecule has 1 aromatic carbocycles. The van der Waals surface area contributed by atoms with Gasteiger partial charge in [0.25, 0.3) is 0 Å². The van der Waals surface area contributed by atoms with Crippen molar-refractivity contribution in [3.8, 4) is 5.75 Å². The third-order valence-corrected chi connectivity index (χ3v) is 2.62. The minimum atomic E-state index is -1.02. The van der Waals surface area contributed by atoms with E-state index in [1.54, 1.807) is 0 Å². The average Bonchev–Trinajstić information content (AvgIpc) is 2.19. The van der Waals surface area contributed by atoms with Crippen LogP contribution in [0, 0.1) is 10.1 Å². The van der Waals surface area contributed by atoms with Crippen molar-refractivity contribution in [2.75, 3.05) is 7.11 Å². The van der Waals surface area contributed by atoms with Crippen molar-refractivity contribution >= 4 is 27.6 Å². The van der Waals surface area contributed by atoms with Crippen molar-refractivity contribution in [1.29, 1.82) is 0 Å². The van der Waals surface area contributed by atoms with E-state index < -0.39 is 10.9 Å². The summed E-state index contributed by atoms with van der Waals surface area (Å²) < 4.78 is 5.21. The van der Waals surface area contributed by atoms with Crippen molar-refractivity contribution in [2.45, 2.75) is 6.42 Å². The highest BCUT2D eigenvalue weighted by Gasteiger charge is 2.18. The summed E-state index contributed by atoms with van der Waals surface area (Å²) in [5.41, 5.74) is 0.221. The van der Waals surface area contributed by atoms with E-state index in [1.807, 2.05) is 0 Å². The fourth-order valence-electron chi connectivity index (χ4n) is 1.19. The van der Waals surface area contributed by atoms with E-state index in [2.05, 4.69) is 15.9 Å². The Hall–Kier alpha value is -1.63. The third kappa shape index (κ3) is 2.69. The zero-order chi connectivity index (χ0) is 12.3. The molecule has 0 unspecified atom stereocenters. The maximum Gasteiger partial charge on any atom is 0.312 e. The number of benzene rings is 1. The lowest BCUT2D eigenvalue weighted by molar-refractivity contribution is -0.385. The first-order chi connectivity index (χ1) is 7.45. The predicted molar refractivity (Wildman–Crippen MR) is 58.7 cm³/mol. The van der Waals surface area contributed by atoms with Crippen molar-refractivity contribution in [3.05, 3.63) is 32.3 Å².